The first-order valence-electron chi connectivity index (χ1n) is 9.14. The molecule has 0 amide bonds. The van der Waals surface area contributed by atoms with Crippen molar-refractivity contribution in [3.05, 3.63) is 48.0 Å². The minimum atomic E-state index is -2.19. The quantitative estimate of drug-likeness (QED) is 0.475. The lowest BCUT2D eigenvalue weighted by Gasteiger charge is -2.20. The number of hydrogen-bond acceptors (Lipinski definition) is 4. The normalized spacial score (nSPS) is 13.4. The summed E-state index contributed by atoms with van der Waals surface area (Å²) in [5, 5.41) is 30.1. The van der Waals surface area contributed by atoms with Gasteiger partial charge >= 0.3 is 11.9 Å². The van der Waals surface area contributed by atoms with Crippen LogP contribution in [0.3, 0.4) is 0 Å². The molecule has 0 saturated carbocycles. The Morgan fingerprint density at radius 3 is 2.33 bits per heavy atom. The summed E-state index contributed by atoms with van der Waals surface area (Å²) in [6.45, 7) is 0. The molecule has 146 valence electrons. The molecule has 0 heterocycles. The molecular weight excluding hydrogens is 364 g/mol. The van der Waals surface area contributed by atoms with Gasteiger partial charge in [-0.15, -0.1) is 0 Å². The Morgan fingerprint density at radius 1 is 0.926 bits per heavy atom. The molecule has 3 N–H and O–H groups in total. The van der Waals surface area contributed by atoms with Gasteiger partial charge in [0.25, 0.3) is 0 Å². The number of thioether (sulfide) groups is 1. The van der Waals surface area contributed by atoms with Crippen LogP contribution < -0.4 is 0 Å². The molecule has 6 heteroatoms. The molecule has 0 aliphatic carbocycles. The molecular formula is C21H26O5S. The van der Waals surface area contributed by atoms with Gasteiger partial charge in [0.05, 0.1) is 6.42 Å². The fraction of sp³-hybridized carbons (Fsp3) is 0.429. The van der Waals surface area contributed by atoms with Gasteiger partial charge in [-0.05, 0) is 41.4 Å². The summed E-state index contributed by atoms with van der Waals surface area (Å²) in [7, 11) is 0. The van der Waals surface area contributed by atoms with Gasteiger partial charge in [-0.2, -0.15) is 11.8 Å². The summed E-state index contributed by atoms with van der Waals surface area (Å²) in [6, 6.07) is 14.9. The van der Waals surface area contributed by atoms with Crippen LogP contribution in [0.5, 0.6) is 0 Å². The van der Waals surface area contributed by atoms with Crippen molar-refractivity contribution in [1.29, 1.82) is 0 Å². The smallest absolute Gasteiger partial charge is 0.337 e. The number of unbranched alkanes of at least 4 members (excludes halogenated alkanes) is 3. The maximum atomic E-state index is 11.1. The van der Waals surface area contributed by atoms with Crippen LogP contribution in [0, 0.1) is 0 Å². The third-order valence-corrected chi connectivity index (χ3v) is 5.76. The molecule has 0 aliphatic rings. The average Bonchev–Trinajstić information content (AvgIpc) is 2.63. The van der Waals surface area contributed by atoms with E-state index < -0.39 is 24.0 Å². The van der Waals surface area contributed by atoms with Crippen molar-refractivity contribution in [2.24, 2.45) is 0 Å². The van der Waals surface area contributed by atoms with Gasteiger partial charge in [0, 0.05) is 5.75 Å². The van der Waals surface area contributed by atoms with Gasteiger partial charge in [-0.1, -0.05) is 55.3 Å². The Morgan fingerprint density at radius 2 is 1.63 bits per heavy atom. The number of fused-ring (bicyclic) bond motifs is 1. The van der Waals surface area contributed by atoms with E-state index in [1.165, 1.54) is 28.1 Å². The minimum absolute atomic E-state index is 0.105. The Kier molecular flexibility index (Phi) is 8.13. The van der Waals surface area contributed by atoms with Crippen LogP contribution in [0.25, 0.3) is 10.8 Å². The maximum absolute atomic E-state index is 11.1. The van der Waals surface area contributed by atoms with Crippen LogP contribution >= 0.6 is 11.8 Å². The second kappa shape index (κ2) is 10.3. The SMILES string of the molecule is O=C(O)C[C@@](O)(CSCCCCCCc1ccc2ccccc2c1)C(=O)O. The molecule has 0 fully saturated rings. The van der Waals surface area contributed by atoms with Gasteiger partial charge in [0.15, 0.2) is 5.60 Å². The lowest BCUT2D eigenvalue weighted by atomic mass is 10.0. The lowest BCUT2D eigenvalue weighted by Crippen LogP contribution is -2.43. The average molecular weight is 391 g/mol. The molecule has 27 heavy (non-hydrogen) atoms. The molecule has 0 bridgehead atoms. The molecule has 0 aromatic heterocycles. The van der Waals surface area contributed by atoms with Crippen molar-refractivity contribution in [3.8, 4) is 0 Å². The number of aliphatic carboxylic acids is 2. The molecule has 1 atom stereocenters. The predicted octanol–water partition coefficient (Wildman–Crippen LogP) is 3.97. The number of aryl methyl sites for hydroxylation is 1. The third-order valence-electron chi connectivity index (χ3n) is 4.50. The zero-order valence-electron chi connectivity index (χ0n) is 15.3. The van der Waals surface area contributed by atoms with Crippen molar-refractivity contribution >= 4 is 34.5 Å². The van der Waals surface area contributed by atoms with Gasteiger partial charge in [-0.3, -0.25) is 4.79 Å². The van der Waals surface area contributed by atoms with E-state index in [4.69, 9.17) is 10.2 Å². The van der Waals surface area contributed by atoms with Gasteiger partial charge in [0.2, 0.25) is 0 Å². The lowest BCUT2D eigenvalue weighted by molar-refractivity contribution is -0.162. The van der Waals surface area contributed by atoms with Crippen molar-refractivity contribution in [2.45, 2.75) is 44.1 Å². The van der Waals surface area contributed by atoms with Crippen LogP contribution in [0.2, 0.25) is 0 Å². The van der Waals surface area contributed by atoms with Crippen LogP contribution in [0.15, 0.2) is 42.5 Å². The minimum Gasteiger partial charge on any atom is -0.481 e. The van der Waals surface area contributed by atoms with Gasteiger partial charge < -0.3 is 15.3 Å². The van der Waals surface area contributed by atoms with E-state index >= 15 is 0 Å². The predicted molar refractivity (Wildman–Crippen MR) is 108 cm³/mol. The van der Waals surface area contributed by atoms with E-state index in [2.05, 4.69) is 30.3 Å². The number of carboxylic acid groups (broad SMARTS) is 2. The van der Waals surface area contributed by atoms with Crippen molar-refractivity contribution in [3.63, 3.8) is 0 Å². The number of aliphatic hydroxyl groups is 1. The highest BCUT2D eigenvalue weighted by Crippen LogP contribution is 2.20. The Labute approximate surface area is 163 Å². The first kappa shape index (κ1) is 21.3. The van der Waals surface area contributed by atoms with E-state index in [0.29, 0.717) is 5.75 Å². The van der Waals surface area contributed by atoms with E-state index in [-0.39, 0.29) is 5.75 Å². The van der Waals surface area contributed by atoms with E-state index in [0.717, 1.165) is 32.1 Å². The Hall–Kier alpha value is -2.05. The summed E-state index contributed by atoms with van der Waals surface area (Å²) in [4.78, 5) is 21.7. The molecule has 0 saturated heterocycles. The van der Waals surface area contributed by atoms with Crippen molar-refractivity contribution < 1.29 is 24.9 Å². The number of carbonyl (C=O) groups is 2. The molecule has 0 aliphatic heterocycles. The molecule has 2 aromatic rings. The fourth-order valence-electron chi connectivity index (χ4n) is 2.96. The molecule has 0 unspecified atom stereocenters. The summed E-state index contributed by atoms with van der Waals surface area (Å²) >= 11 is 1.29. The first-order chi connectivity index (χ1) is 12.9. The second-order valence-electron chi connectivity index (χ2n) is 6.81. The molecule has 0 radical (unpaired) electrons. The first-order valence-corrected chi connectivity index (χ1v) is 10.3. The van der Waals surface area contributed by atoms with Crippen LogP contribution in [-0.2, 0) is 16.0 Å². The van der Waals surface area contributed by atoms with Crippen LogP contribution in [0.4, 0.5) is 0 Å². The maximum Gasteiger partial charge on any atom is 0.337 e. The molecule has 2 rings (SSSR count). The standard InChI is InChI=1S/C21H26O5S/c22-19(23)14-21(26,20(24)25)15-27-12-6-2-1-3-7-16-10-11-17-8-4-5-9-18(17)13-16/h4-5,8-11,13,26H,1-3,6-7,12,14-15H2,(H,22,23)(H,24,25)/t21-/m1/s1. The van der Waals surface area contributed by atoms with Crippen molar-refractivity contribution in [2.75, 3.05) is 11.5 Å². The van der Waals surface area contributed by atoms with Crippen molar-refractivity contribution in [1.82, 2.24) is 0 Å². The summed E-state index contributed by atoms with van der Waals surface area (Å²) < 4.78 is 0. The molecule has 0 spiro atoms. The number of rotatable bonds is 12. The van der Waals surface area contributed by atoms with E-state index in [1.807, 2.05) is 12.1 Å². The number of hydrogen-bond donors (Lipinski definition) is 3. The topological polar surface area (TPSA) is 94.8 Å². The van der Waals surface area contributed by atoms with Gasteiger partial charge in [0.1, 0.15) is 0 Å². The summed E-state index contributed by atoms with van der Waals surface area (Å²) in [5.74, 6) is -2.18. The molecule has 5 nitrogen and oxygen atoms in total. The summed E-state index contributed by atoms with van der Waals surface area (Å²) in [6.07, 6.45) is 4.40. The number of benzene rings is 2. The third kappa shape index (κ3) is 6.88. The zero-order chi connectivity index (χ0) is 19.7. The zero-order valence-corrected chi connectivity index (χ0v) is 16.1. The monoisotopic (exact) mass is 390 g/mol. The highest BCUT2D eigenvalue weighted by Gasteiger charge is 2.38. The van der Waals surface area contributed by atoms with Crippen LogP contribution in [0.1, 0.15) is 37.7 Å². The van der Waals surface area contributed by atoms with E-state index in [9.17, 15) is 14.7 Å². The van der Waals surface area contributed by atoms with Crippen LogP contribution in [-0.4, -0.2) is 44.4 Å². The highest BCUT2D eigenvalue weighted by molar-refractivity contribution is 7.99. The summed E-state index contributed by atoms with van der Waals surface area (Å²) in [5.41, 5.74) is -0.852. The fourth-order valence-corrected chi connectivity index (χ4v) is 4.08. The largest absolute Gasteiger partial charge is 0.481 e. The van der Waals surface area contributed by atoms with Gasteiger partial charge in [-0.25, -0.2) is 4.79 Å². The Bertz CT molecular complexity index is 776. The molecule has 2 aromatic carbocycles. The van der Waals surface area contributed by atoms with E-state index in [1.54, 1.807) is 0 Å². The Balaban J connectivity index is 1.61. The highest BCUT2D eigenvalue weighted by atomic mass is 32.2. The second-order valence-corrected chi connectivity index (χ2v) is 7.91. The number of carboxylic acids is 2.